The molecule has 0 spiro atoms. The van der Waals surface area contributed by atoms with E-state index in [0.29, 0.717) is 0 Å². The molecule has 0 saturated heterocycles. The summed E-state index contributed by atoms with van der Waals surface area (Å²) in [6.45, 7) is -0.779. The Morgan fingerprint density at radius 1 is 1.56 bits per heavy atom. The third-order valence-corrected chi connectivity index (χ3v) is 1.75. The number of hydrogen-bond donors (Lipinski definition) is 2. The molecule has 0 bridgehead atoms. The molecule has 88 valence electrons. The van der Waals surface area contributed by atoms with Crippen LogP contribution in [0.5, 0.6) is 0 Å². The Morgan fingerprint density at radius 2 is 2.25 bits per heavy atom. The average Bonchev–Trinajstić information content (AvgIpc) is 2.25. The van der Waals surface area contributed by atoms with Gasteiger partial charge in [0.2, 0.25) is 0 Å². The molecule has 1 amide bonds. The molecule has 0 aliphatic carbocycles. The van der Waals surface area contributed by atoms with E-state index in [1.165, 1.54) is 7.05 Å². The van der Waals surface area contributed by atoms with Crippen molar-refractivity contribution < 1.29 is 18.0 Å². The molecule has 16 heavy (non-hydrogen) atoms. The van der Waals surface area contributed by atoms with Crippen molar-refractivity contribution in [3.05, 3.63) is 23.6 Å². The van der Waals surface area contributed by atoms with Gasteiger partial charge < -0.3 is 10.6 Å². The SMILES string of the molecule is CNc1ncc(F)cc1C(=O)NCC(F)F. The van der Waals surface area contributed by atoms with Crippen molar-refractivity contribution in [2.75, 3.05) is 18.9 Å². The van der Waals surface area contributed by atoms with Crippen molar-refractivity contribution in [3.8, 4) is 0 Å². The van der Waals surface area contributed by atoms with Gasteiger partial charge in [0.05, 0.1) is 18.3 Å². The van der Waals surface area contributed by atoms with Crippen LogP contribution in [0.1, 0.15) is 10.4 Å². The van der Waals surface area contributed by atoms with E-state index < -0.39 is 24.7 Å². The van der Waals surface area contributed by atoms with Gasteiger partial charge in [-0.3, -0.25) is 4.79 Å². The number of aromatic nitrogens is 1. The number of nitrogens with one attached hydrogen (secondary N) is 2. The Kier molecular flexibility index (Phi) is 4.10. The normalized spacial score (nSPS) is 10.3. The maximum Gasteiger partial charge on any atom is 0.255 e. The van der Waals surface area contributed by atoms with Crippen LogP contribution in [-0.4, -0.2) is 30.9 Å². The van der Waals surface area contributed by atoms with Crippen LogP contribution >= 0.6 is 0 Å². The van der Waals surface area contributed by atoms with Crippen molar-refractivity contribution in [2.24, 2.45) is 0 Å². The summed E-state index contributed by atoms with van der Waals surface area (Å²) >= 11 is 0. The molecule has 0 aliphatic heterocycles. The van der Waals surface area contributed by atoms with Crippen LogP contribution in [0.25, 0.3) is 0 Å². The Morgan fingerprint density at radius 3 is 2.81 bits per heavy atom. The Bertz CT molecular complexity index is 384. The molecule has 0 unspecified atom stereocenters. The zero-order valence-corrected chi connectivity index (χ0v) is 8.43. The van der Waals surface area contributed by atoms with Gasteiger partial charge in [-0.15, -0.1) is 0 Å². The highest BCUT2D eigenvalue weighted by atomic mass is 19.3. The van der Waals surface area contributed by atoms with Crippen LogP contribution in [0.15, 0.2) is 12.3 Å². The maximum absolute atomic E-state index is 12.8. The molecule has 1 rings (SSSR count). The van der Waals surface area contributed by atoms with E-state index in [4.69, 9.17) is 0 Å². The number of alkyl halides is 2. The molecule has 1 heterocycles. The number of carbonyl (C=O) groups is 1. The van der Waals surface area contributed by atoms with Gasteiger partial charge in [0.25, 0.3) is 12.3 Å². The maximum atomic E-state index is 12.8. The molecular formula is C9H10F3N3O. The molecule has 7 heteroatoms. The summed E-state index contributed by atoms with van der Waals surface area (Å²) < 4.78 is 36.5. The Hall–Kier alpha value is -1.79. The minimum absolute atomic E-state index is 0.108. The smallest absolute Gasteiger partial charge is 0.255 e. The first-order valence-corrected chi connectivity index (χ1v) is 4.44. The molecule has 0 fully saturated rings. The standard InChI is InChI=1S/C9H10F3N3O/c1-13-8-6(2-5(10)3-14-8)9(16)15-4-7(11)12/h2-3,7H,4H2,1H3,(H,13,14)(H,15,16). The van der Waals surface area contributed by atoms with Gasteiger partial charge in [-0.2, -0.15) is 0 Å². The van der Waals surface area contributed by atoms with Gasteiger partial charge in [0.1, 0.15) is 11.6 Å². The number of rotatable bonds is 4. The largest absolute Gasteiger partial charge is 0.372 e. The summed E-state index contributed by atoms with van der Waals surface area (Å²) in [6.07, 6.45) is -1.72. The first-order chi connectivity index (χ1) is 7.54. The highest BCUT2D eigenvalue weighted by Crippen LogP contribution is 2.12. The summed E-state index contributed by atoms with van der Waals surface area (Å²) in [5.74, 6) is -1.37. The van der Waals surface area contributed by atoms with Crippen LogP contribution in [0.3, 0.4) is 0 Å². The molecule has 0 saturated carbocycles. The third-order valence-electron chi connectivity index (χ3n) is 1.75. The highest BCUT2D eigenvalue weighted by Gasteiger charge is 2.14. The quantitative estimate of drug-likeness (QED) is 0.823. The molecule has 0 atom stereocenters. The summed E-state index contributed by atoms with van der Waals surface area (Å²) in [4.78, 5) is 15.0. The zero-order valence-electron chi connectivity index (χ0n) is 8.43. The lowest BCUT2D eigenvalue weighted by Gasteiger charge is -2.08. The number of anilines is 1. The average molecular weight is 233 g/mol. The van der Waals surface area contributed by atoms with E-state index in [9.17, 15) is 18.0 Å². The molecule has 0 aromatic carbocycles. The number of pyridine rings is 1. The van der Waals surface area contributed by atoms with Crippen LogP contribution in [0.4, 0.5) is 19.0 Å². The van der Waals surface area contributed by atoms with Gasteiger partial charge in [0.15, 0.2) is 0 Å². The van der Waals surface area contributed by atoms with Crippen LogP contribution in [-0.2, 0) is 0 Å². The molecule has 0 radical (unpaired) electrons. The van der Waals surface area contributed by atoms with Gasteiger partial charge in [-0.25, -0.2) is 18.2 Å². The van der Waals surface area contributed by atoms with Crippen molar-refractivity contribution in [3.63, 3.8) is 0 Å². The van der Waals surface area contributed by atoms with Crippen LogP contribution in [0.2, 0.25) is 0 Å². The molecule has 1 aromatic heterocycles. The minimum Gasteiger partial charge on any atom is -0.372 e. The second-order valence-electron chi connectivity index (χ2n) is 2.90. The topological polar surface area (TPSA) is 54.0 Å². The minimum atomic E-state index is -2.65. The van der Waals surface area contributed by atoms with Crippen molar-refractivity contribution in [2.45, 2.75) is 6.43 Å². The Labute approximate surface area is 89.9 Å². The highest BCUT2D eigenvalue weighted by molar-refractivity contribution is 5.98. The summed E-state index contributed by atoms with van der Waals surface area (Å²) in [5.41, 5.74) is -0.108. The Balaban J connectivity index is 2.84. The second kappa shape index (κ2) is 5.34. The lowest BCUT2D eigenvalue weighted by atomic mass is 10.2. The number of amides is 1. The van der Waals surface area contributed by atoms with E-state index in [0.717, 1.165) is 12.3 Å². The van der Waals surface area contributed by atoms with Crippen LogP contribution < -0.4 is 10.6 Å². The van der Waals surface area contributed by atoms with E-state index in [-0.39, 0.29) is 11.4 Å². The predicted molar refractivity (Wildman–Crippen MR) is 52.1 cm³/mol. The van der Waals surface area contributed by atoms with Crippen molar-refractivity contribution in [1.82, 2.24) is 10.3 Å². The van der Waals surface area contributed by atoms with E-state index in [2.05, 4.69) is 10.3 Å². The molecule has 0 aliphatic rings. The molecule has 1 aromatic rings. The monoisotopic (exact) mass is 233 g/mol. The number of nitrogens with zero attached hydrogens (tertiary/aromatic N) is 1. The second-order valence-corrected chi connectivity index (χ2v) is 2.90. The van der Waals surface area contributed by atoms with Crippen molar-refractivity contribution >= 4 is 11.7 Å². The fraction of sp³-hybridized carbons (Fsp3) is 0.333. The summed E-state index contributed by atoms with van der Waals surface area (Å²) in [5, 5.41) is 4.53. The summed E-state index contributed by atoms with van der Waals surface area (Å²) in [6, 6.07) is 0.930. The van der Waals surface area contributed by atoms with E-state index >= 15 is 0 Å². The lowest BCUT2D eigenvalue weighted by Crippen LogP contribution is -2.29. The van der Waals surface area contributed by atoms with E-state index in [1.807, 2.05) is 5.32 Å². The van der Waals surface area contributed by atoms with Crippen LogP contribution in [0, 0.1) is 5.82 Å². The number of halogens is 3. The fourth-order valence-corrected chi connectivity index (χ4v) is 1.08. The van der Waals surface area contributed by atoms with Gasteiger partial charge in [0, 0.05) is 7.05 Å². The van der Waals surface area contributed by atoms with Gasteiger partial charge in [-0.1, -0.05) is 0 Å². The van der Waals surface area contributed by atoms with E-state index in [1.54, 1.807) is 0 Å². The molecule has 4 nitrogen and oxygen atoms in total. The first kappa shape index (κ1) is 12.3. The lowest BCUT2D eigenvalue weighted by molar-refractivity contribution is 0.0892. The third kappa shape index (κ3) is 3.11. The summed E-state index contributed by atoms with van der Waals surface area (Å²) in [7, 11) is 1.49. The first-order valence-electron chi connectivity index (χ1n) is 4.44. The molecular weight excluding hydrogens is 223 g/mol. The van der Waals surface area contributed by atoms with Crippen molar-refractivity contribution in [1.29, 1.82) is 0 Å². The number of hydrogen-bond acceptors (Lipinski definition) is 3. The molecule has 2 N–H and O–H groups in total. The fourth-order valence-electron chi connectivity index (χ4n) is 1.08. The zero-order chi connectivity index (χ0) is 12.1. The van der Waals surface area contributed by atoms with Gasteiger partial charge >= 0.3 is 0 Å². The number of carbonyl (C=O) groups excluding carboxylic acids is 1. The predicted octanol–water partition coefficient (Wildman–Crippen LogP) is 1.26. The van der Waals surface area contributed by atoms with Gasteiger partial charge in [-0.05, 0) is 6.07 Å².